The lowest BCUT2D eigenvalue weighted by Crippen LogP contribution is -2.19. The highest BCUT2D eigenvalue weighted by atomic mass is 32.1. The Morgan fingerprint density at radius 2 is 2.50 bits per heavy atom. The zero-order chi connectivity index (χ0) is 8.97. The number of nitrogens with two attached hydrogens (primary N) is 1. The minimum Gasteiger partial charge on any atom is -0.376 e. The number of nitrogens with one attached hydrogen (secondary N) is 1. The van der Waals surface area contributed by atoms with Crippen LogP contribution in [0.1, 0.15) is 12.5 Å². The highest BCUT2D eigenvalue weighted by Crippen LogP contribution is 2.13. The van der Waals surface area contributed by atoms with Crippen LogP contribution in [0.2, 0.25) is 0 Å². The highest BCUT2D eigenvalue weighted by molar-refractivity contribution is 7.80. The van der Waals surface area contributed by atoms with Gasteiger partial charge in [0.05, 0.1) is 5.69 Å². The molecule has 12 heavy (non-hydrogen) atoms. The normalized spacial score (nSPS) is 9.42. The van der Waals surface area contributed by atoms with Gasteiger partial charge in [-0.3, -0.25) is 0 Å². The summed E-state index contributed by atoms with van der Waals surface area (Å²) in [6.45, 7) is 2.08. The Labute approximate surface area is 77.8 Å². The fourth-order valence-electron chi connectivity index (χ4n) is 1.01. The van der Waals surface area contributed by atoms with Crippen molar-refractivity contribution >= 4 is 23.0 Å². The Kier molecular flexibility index (Phi) is 3.05. The summed E-state index contributed by atoms with van der Waals surface area (Å²) < 4.78 is 0. The summed E-state index contributed by atoms with van der Waals surface area (Å²) in [5, 5.41) is 3.16. The van der Waals surface area contributed by atoms with E-state index in [1.54, 1.807) is 0 Å². The lowest BCUT2D eigenvalue weighted by atomic mass is 10.1. The molecule has 0 amide bonds. The van der Waals surface area contributed by atoms with Crippen molar-refractivity contribution in [3.63, 3.8) is 0 Å². The molecular weight excluding hydrogens is 168 g/mol. The van der Waals surface area contributed by atoms with Gasteiger partial charge in [0.25, 0.3) is 0 Å². The number of hydrogen-bond donors (Lipinski definition) is 2. The van der Waals surface area contributed by atoms with Crippen LogP contribution in [-0.4, -0.2) is 5.11 Å². The molecule has 2 nitrogen and oxygen atoms in total. The van der Waals surface area contributed by atoms with E-state index in [9.17, 15) is 0 Å². The molecule has 1 radical (unpaired) electrons. The van der Waals surface area contributed by atoms with Gasteiger partial charge in [-0.1, -0.05) is 25.1 Å². The number of anilines is 1. The summed E-state index contributed by atoms with van der Waals surface area (Å²) in [4.78, 5) is 0. The van der Waals surface area contributed by atoms with Crippen molar-refractivity contribution in [3.8, 4) is 0 Å². The first-order valence-electron chi connectivity index (χ1n) is 3.80. The second-order valence-electron chi connectivity index (χ2n) is 2.41. The van der Waals surface area contributed by atoms with E-state index in [-0.39, 0.29) is 5.11 Å². The van der Waals surface area contributed by atoms with E-state index in [0.29, 0.717) is 0 Å². The molecule has 1 rings (SSSR count). The van der Waals surface area contributed by atoms with Crippen molar-refractivity contribution in [2.75, 3.05) is 5.32 Å². The van der Waals surface area contributed by atoms with Crippen LogP contribution in [0, 0.1) is 6.07 Å². The number of benzene rings is 1. The van der Waals surface area contributed by atoms with Crippen molar-refractivity contribution in [3.05, 3.63) is 29.8 Å². The number of hydrogen-bond acceptors (Lipinski definition) is 1. The monoisotopic (exact) mass is 179 g/mol. The Morgan fingerprint density at radius 1 is 1.75 bits per heavy atom. The quantitative estimate of drug-likeness (QED) is 0.679. The lowest BCUT2D eigenvalue weighted by Gasteiger charge is -2.07. The molecule has 0 spiro atoms. The molecule has 1 aromatic rings. The van der Waals surface area contributed by atoms with E-state index in [0.717, 1.165) is 12.1 Å². The second kappa shape index (κ2) is 4.07. The van der Waals surface area contributed by atoms with Crippen LogP contribution in [0.4, 0.5) is 5.69 Å². The summed E-state index contributed by atoms with van der Waals surface area (Å²) >= 11 is 4.73. The predicted octanol–water partition coefficient (Wildman–Crippen LogP) is 1.70. The zero-order valence-corrected chi connectivity index (χ0v) is 7.74. The maximum atomic E-state index is 5.35. The van der Waals surface area contributed by atoms with Gasteiger partial charge in [-0.15, -0.1) is 0 Å². The second-order valence-corrected chi connectivity index (χ2v) is 2.85. The van der Waals surface area contributed by atoms with Crippen LogP contribution in [0.25, 0.3) is 0 Å². The van der Waals surface area contributed by atoms with E-state index in [2.05, 4.69) is 18.3 Å². The molecule has 0 fully saturated rings. The average Bonchev–Trinajstić information content (AvgIpc) is 2.04. The van der Waals surface area contributed by atoms with Gasteiger partial charge in [0, 0.05) is 6.07 Å². The Balaban J connectivity index is 2.89. The predicted molar refractivity (Wildman–Crippen MR) is 55.1 cm³/mol. The third-order valence-corrected chi connectivity index (χ3v) is 1.67. The molecule has 3 heteroatoms. The maximum Gasteiger partial charge on any atom is 0.168 e. The van der Waals surface area contributed by atoms with Gasteiger partial charge < -0.3 is 11.1 Å². The van der Waals surface area contributed by atoms with Crippen molar-refractivity contribution in [1.29, 1.82) is 0 Å². The van der Waals surface area contributed by atoms with E-state index in [1.165, 1.54) is 5.56 Å². The van der Waals surface area contributed by atoms with E-state index >= 15 is 0 Å². The van der Waals surface area contributed by atoms with Crippen LogP contribution in [0.15, 0.2) is 18.2 Å². The van der Waals surface area contributed by atoms with Crippen molar-refractivity contribution in [2.24, 2.45) is 5.73 Å². The van der Waals surface area contributed by atoms with E-state index in [1.807, 2.05) is 18.2 Å². The maximum absolute atomic E-state index is 5.35. The molecule has 0 aromatic heterocycles. The van der Waals surface area contributed by atoms with Gasteiger partial charge in [-0.05, 0) is 24.2 Å². The van der Waals surface area contributed by atoms with Crippen LogP contribution in [0.3, 0.4) is 0 Å². The van der Waals surface area contributed by atoms with Crippen molar-refractivity contribution in [1.82, 2.24) is 0 Å². The molecule has 1 aromatic carbocycles. The van der Waals surface area contributed by atoms with Crippen molar-refractivity contribution < 1.29 is 0 Å². The molecular formula is C9H11N2S. The van der Waals surface area contributed by atoms with Crippen LogP contribution >= 0.6 is 12.2 Å². The summed E-state index contributed by atoms with van der Waals surface area (Å²) in [6.07, 6.45) is 0.947. The van der Waals surface area contributed by atoms with E-state index in [4.69, 9.17) is 18.0 Å². The highest BCUT2D eigenvalue weighted by Gasteiger charge is 1.98. The van der Waals surface area contributed by atoms with Gasteiger partial charge >= 0.3 is 0 Å². The number of rotatable bonds is 2. The summed E-state index contributed by atoms with van der Waals surface area (Å²) in [5.74, 6) is 0. The molecule has 0 aliphatic rings. The van der Waals surface area contributed by atoms with Gasteiger partial charge in [0.15, 0.2) is 5.11 Å². The summed E-state index contributed by atoms with van der Waals surface area (Å²) in [6, 6.07) is 8.85. The van der Waals surface area contributed by atoms with Gasteiger partial charge in [0.1, 0.15) is 0 Å². The molecule has 0 heterocycles. The lowest BCUT2D eigenvalue weighted by molar-refractivity contribution is 1.14. The molecule has 0 unspecified atom stereocenters. The first kappa shape index (κ1) is 9.00. The molecule has 0 atom stereocenters. The SMILES string of the molecule is CCc1ccc[c]c1NC(N)=S. The van der Waals surface area contributed by atoms with Gasteiger partial charge in [-0.25, -0.2) is 0 Å². The molecule has 0 aliphatic heterocycles. The molecule has 0 saturated carbocycles. The fourth-order valence-corrected chi connectivity index (χ4v) is 1.11. The molecule has 3 N–H and O–H groups in total. The van der Waals surface area contributed by atoms with Gasteiger partial charge in [0.2, 0.25) is 0 Å². The minimum absolute atomic E-state index is 0.284. The Bertz CT molecular complexity index is 284. The Morgan fingerprint density at radius 3 is 3.08 bits per heavy atom. The Hall–Kier alpha value is -1.09. The topological polar surface area (TPSA) is 38.0 Å². The first-order valence-corrected chi connectivity index (χ1v) is 4.21. The standard InChI is InChI=1S/C9H11N2S/c1-2-7-5-3-4-6-8(7)11-9(10)12/h3-5H,2H2,1H3,(H3,10,11,12). The number of thiocarbonyl (C=S) groups is 1. The fraction of sp³-hybridized carbons (Fsp3) is 0.222. The van der Waals surface area contributed by atoms with Crippen LogP contribution in [0.5, 0.6) is 0 Å². The minimum atomic E-state index is 0.284. The molecule has 0 aliphatic carbocycles. The molecule has 0 saturated heterocycles. The number of aryl methyl sites for hydroxylation is 1. The average molecular weight is 179 g/mol. The van der Waals surface area contributed by atoms with Gasteiger partial charge in [-0.2, -0.15) is 0 Å². The zero-order valence-electron chi connectivity index (χ0n) is 6.92. The molecule has 63 valence electrons. The van der Waals surface area contributed by atoms with Crippen LogP contribution in [-0.2, 0) is 6.42 Å². The third kappa shape index (κ3) is 2.20. The first-order chi connectivity index (χ1) is 5.74. The largest absolute Gasteiger partial charge is 0.376 e. The summed E-state index contributed by atoms with van der Waals surface area (Å²) in [5.41, 5.74) is 7.40. The molecule has 0 bridgehead atoms. The summed E-state index contributed by atoms with van der Waals surface area (Å²) in [7, 11) is 0. The number of para-hydroxylation sites is 1. The van der Waals surface area contributed by atoms with Crippen LogP contribution < -0.4 is 11.1 Å². The smallest absolute Gasteiger partial charge is 0.168 e. The van der Waals surface area contributed by atoms with E-state index < -0.39 is 0 Å². The van der Waals surface area contributed by atoms with Crippen molar-refractivity contribution in [2.45, 2.75) is 13.3 Å². The third-order valence-electron chi connectivity index (χ3n) is 1.57.